The summed E-state index contributed by atoms with van der Waals surface area (Å²) >= 11 is 3.18. The van der Waals surface area contributed by atoms with Crippen LogP contribution >= 0.6 is 15.9 Å². The maximum absolute atomic E-state index is 11.8. The number of aromatic amines is 1. The summed E-state index contributed by atoms with van der Waals surface area (Å²) in [5, 5.41) is 28.9. The summed E-state index contributed by atoms with van der Waals surface area (Å²) in [6.45, 7) is 0.331. The van der Waals surface area contributed by atoms with Gasteiger partial charge in [0.1, 0.15) is 4.47 Å². The molecule has 3 N–H and O–H groups in total. The Morgan fingerprint density at radius 3 is 3.06 bits per heavy atom. The molecule has 0 aromatic carbocycles. The molecule has 0 atom stereocenters. The van der Waals surface area contributed by atoms with Crippen LogP contribution in [0, 0.1) is 0 Å². The molecular weight excluding hydrogens is 306 g/mol. The van der Waals surface area contributed by atoms with Crippen molar-refractivity contribution < 1.29 is 5.11 Å². The number of nitrogens with zero attached hydrogens (tertiary/aromatic N) is 5. The number of nitrogens with one attached hydrogen (secondary N) is 2. The van der Waals surface area contributed by atoms with E-state index in [1.54, 1.807) is 0 Å². The Hall–Kier alpha value is -1.81. The minimum atomic E-state index is -0.317. The fraction of sp³-hybridized carbons (Fsp3) is 0.375. The van der Waals surface area contributed by atoms with Gasteiger partial charge in [-0.15, -0.1) is 10.2 Å². The Morgan fingerprint density at radius 1 is 1.56 bits per heavy atom. The molecule has 0 unspecified atom stereocenters. The zero-order valence-corrected chi connectivity index (χ0v) is 10.8. The van der Waals surface area contributed by atoms with Gasteiger partial charge in [-0.25, -0.2) is 4.68 Å². The third kappa shape index (κ3) is 2.71. The van der Waals surface area contributed by atoms with Crippen LogP contribution in [0.15, 0.2) is 15.5 Å². The standard InChI is InChI=1S/C8H10BrN7O2/c9-7-5(10-4-6-12-14-15-13-6)3-11-16(1-2-17)8(7)18/h3,10,17H,1-2,4H2,(H,12,13,14,15). The summed E-state index contributed by atoms with van der Waals surface area (Å²) in [7, 11) is 0. The van der Waals surface area contributed by atoms with Gasteiger partial charge in [-0.1, -0.05) is 5.21 Å². The molecule has 18 heavy (non-hydrogen) atoms. The van der Waals surface area contributed by atoms with Crippen molar-refractivity contribution >= 4 is 21.6 Å². The predicted molar refractivity (Wildman–Crippen MR) is 64.8 cm³/mol. The smallest absolute Gasteiger partial charge is 0.283 e. The molecule has 9 nitrogen and oxygen atoms in total. The molecule has 0 aliphatic heterocycles. The lowest BCUT2D eigenvalue weighted by molar-refractivity contribution is 0.266. The third-order valence-electron chi connectivity index (χ3n) is 2.12. The normalized spacial score (nSPS) is 10.6. The fourth-order valence-corrected chi connectivity index (χ4v) is 1.72. The van der Waals surface area contributed by atoms with Gasteiger partial charge >= 0.3 is 0 Å². The van der Waals surface area contributed by atoms with Gasteiger partial charge in [-0.3, -0.25) is 4.79 Å². The predicted octanol–water partition coefficient (Wildman–Crippen LogP) is -0.877. The number of hydrogen-bond acceptors (Lipinski definition) is 7. The number of aliphatic hydroxyl groups excluding tert-OH is 1. The van der Waals surface area contributed by atoms with Crippen molar-refractivity contribution in [2.75, 3.05) is 11.9 Å². The Morgan fingerprint density at radius 2 is 2.39 bits per heavy atom. The largest absolute Gasteiger partial charge is 0.394 e. The second-order valence-corrected chi connectivity index (χ2v) is 4.10. The second kappa shape index (κ2) is 5.69. The highest BCUT2D eigenvalue weighted by atomic mass is 79.9. The van der Waals surface area contributed by atoms with Crippen molar-refractivity contribution in [1.82, 2.24) is 30.4 Å². The summed E-state index contributed by atoms with van der Waals surface area (Å²) in [4.78, 5) is 11.8. The van der Waals surface area contributed by atoms with Crippen molar-refractivity contribution in [3.63, 3.8) is 0 Å². The van der Waals surface area contributed by atoms with Crippen LogP contribution in [-0.4, -0.2) is 42.1 Å². The van der Waals surface area contributed by atoms with E-state index >= 15 is 0 Å². The third-order valence-corrected chi connectivity index (χ3v) is 2.89. The zero-order chi connectivity index (χ0) is 13.0. The van der Waals surface area contributed by atoms with Crippen LogP contribution in [0.1, 0.15) is 5.82 Å². The molecule has 0 radical (unpaired) electrons. The average Bonchev–Trinajstić information content (AvgIpc) is 2.87. The zero-order valence-electron chi connectivity index (χ0n) is 9.17. The molecule has 0 bridgehead atoms. The van der Waals surface area contributed by atoms with Crippen molar-refractivity contribution in [2.24, 2.45) is 0 Å². The van der Waals surface area contributed by atoms with Crippen LogP contribution in [0.4, 0.5) is 5.69 Å². The van der Waals surface area contributed by atoms with E-state index in [1.165, 1.54) is 10.9 Å². The number of aliphatic hydroxyl groups is 1. The first-order chi connectivity index (χ1) is 8.72. The molecule has 96 valence electrons. The number of H-pyrrole nitrogens is 1. The molecule has 0 fully saturated rings. The molecule has 0 aliphatic carbocycles. The molecule has 0 aliphatic rings. The molecule has 0 amide bonds. The van der Waals surface area contributed by atoms with Crippen molar-refractivity contribution in [1.29, 1.82) is 0 Å². The van der Waals surface area contributed by atoms with Crippen LogP contribution in [-0.2, 0) is 13.1 Å². The maximum atomic E-state index is 11.8. The Kier molecular flexibility index (Phi) is 3.99. The number of hydrogen-bond donors (Lipinski definition) is 3. The summed E-state index contributed by atoms with van der Waals surface area (Å²) in [5.74, 6) is 0.474. The average molecular weight is 316 g/mol. The molecule has 0 saturated carbocycles. The van der Waals surface area contributed by atoms with Gasteiger partial charge in [0, 0.05) is 0 Å². The van der Waals surface area contributed by atoms with Crippen LogP contribution in [0.3, 0.4) is 0 Å². The molecule has 10 heteroatoms. The first-order valence-electron chi connectivity index (χ1n) is 5.05. The van der Waals surface area contributed by atoms with Crippen molar-refractivity contribution in [3.8, 4) is 0 Å². The molecule has 2 aromatic heterocycles. The van der Waals surface area contributed by atoms with Crippen LogP contribution in [0.25, 0.3) is 0 Å². The van der Waals surface area contributed by atoms with E-state index in [-0.39, 0.29) is 18.7 Å². The molecule has 0 spiro atoms. The fourth-order valence-electron chi connectivity index (χ4n) is 1.27. The van der Waals surface area contributed by atoms with E-state index in [1.807, 2.05) is 0 Å². The van der Waals surface area contributed by atoms with Gasteiger partial charge in [-0.2, -0.15) is 10.3 Å². The second-order valence-electron chi connectivity index (χ2n) is 3.31. The number of rotatable bonds is 5. The highest BCUT2D eigenvalue weighted by Crippen LogP contribution is 2.16. The topological polar surface area (TPSA) is 122 Å². The van der Waals surface area contributed by atoms with Gasteiger partial charge in [0.05, 0.1) is 31.6 Å². The molecule has 2 heterocycles. The minimum Gasteiger partial charge on any atom is -0.394 e. The van der Waals surface area contributed by atoms with E-state index in [9.17, 15) is 4.79 Å². The first-order valence-corrected chi connectivity index (χ1v) is 5.84. The number of aromatic nitrogens is 6. The van der Waals surface area contributed by atoms with Crippen LogP contribution in [0.2, 0.25) is 0 Å². The van der Waals surface area contributed by atoms with E-state index in [0.717, 1.165) is 0 Å². The van der Waals surface area contributed by atoms with E-state index in [2.05, 4.69) is 47.0 Å². The summed E-state index contributed by atoms with van der Waals surface area (Å²) in [6.07, 6.45) is 1.49. The number of tetrazole rings is 1. The lowest BCUT2D eigenvalue weighted by Crippen LogP contribution is -2.25. The SMILES string of the molecule is O=c1c(Br)c(NCc2nn[nH]n2)cnn1CCO. The maximum Gasteiger partial charge on any atom is 0.283 e. The van der Waals surface area contributed by atoms with Gasteiger partial charge in [0.15, 0.2) is 5.82 Å². The molecule has 2 aromatic rings. The van der Waals surface area contributed by atoms with Gasteiger partial charge in [0.2, 0.25) is 0 Å². The summed E-state index contributed by atoms with van der Waals surface area (Å²) in [6, 6.07) is 0. The lowest BCUT2D eigenvalue weighted by atomic mass is 10.4. The van der Waals surface area contributed by atoms with E-state index in [4.69, 9.17) is 5.11 Å². The highest BCUT2D eigenvalue weighted by molar-refractivity contribution is 9.10. The first kappa shape index (κ1) is 12.6. The van der Waals surface area contributed by atoms with E-state index in [0.29, 0.717) is 22.5 Å². The van der Waals surface area contributed by atoms with Crippen LogP contribution < -0.4 is 10.9 Å². The highest BCUT2D eigenvalue weighted by Gasteiger charge is 2.09. The lowest BCUT2D eigenvalue weighted by Gasteiger charge is -2.08. The molecular formula is C8H10BrN7O2. The van der Waals surface area contributed by atoms with Crippen LogP contribution in [0.5, 0.6) is 0 Å². The number of anilines is 1. The quantitative estimate of drug-likeness (QED) is 0.655. The summed E-state index contributed by atoms with van der Waals surface area (Å²) in [5.41, 5.74) is 0.209. The molecule has 0 saturated heterocycles. The number of halogens is 1. The Labute approximate surface area is 109 Å². The minimum absolute atomic E-state index is 0.144. The summed E-state index contributed by atoms with van der Waals surface area (Å²) < 4.78 is 1.51. The molecule has 2 rings (SSSR count). The van der Waals surface area contributed by atoms with Crippen molar-refractivity contribution in [3.05, 3.63) is 26.8 Å². The van der Waals surface area contributed by atoms with Gasteiger partial charge in [0.25, 0.3) is 5.56 Å². The monoisotopic (exact) mass is 315 g/mol. The van der Waals surface area contributed by atoms with Gasteiger partial charge in [-0.05, 0) is 15.9 Å². The van der Waals surface area contributed by atoms with Crippen molar-refractivity contribution in [2.45, 2.75) is 13.1 Å². The van der Waals surface area contributed by atoms with E-state index < -0.39 is 0 Å². The van der Waals surface area contributed by atoms with Gasteiger partial charge < -0.3 is 10.4 Å². The Bertz CT molecular complexity index is 567. The Balaban J connectivity index is 2.14.